The van der Waals surface area contributed by atoms with Crippen molar-refractivity contribution in [3.63, 3.8) is 0 Å². The van der Waals surface area contributed by atoms with Gasteiger partial charge in [0, 0.05) is 63.4 Å². The van der Waals surface area contributed by atoms with Gasteiger partial charge in [0.25, 0.3) is 5.69 Å². The Morgan fingerprint density at radius 1 is 0.852 bits per heavy atom. The summed E-state index contributed by atoms with van der Waals surface area (Å²) in [5, 5.41) is 11.2. The number of nitro benzene ring substituents is 1. The van der Waals surface area contributed by atoms with Gasteiger partial charge in [0.1, 0.15) is 18.1 Å². The predicted molar refractivity (Wildman–Crippen MR) is 213 cm³/mol. The number of hydrogen-bond donors (Lipinski definition) is 0. The van der Waals surface area contributed by atoms with Gasteiger partial charge in [-0.15, -0.1) is 12.4 Å². The monoisotopic (exact) mass is 768 g/mol. The molecule has 2 heterocycles. The summed E-state index contributed by atoms with van der Waals surface area (Å²) in [5.74, 6) is 2.20. The van der Waals surface area contributed by atoms with Crippen LogP contribution in [0.1, 0.15) is 33.4 Å². The normalized spacial score (nSPS) is 13.0. The molecule has 1 saturated heterocycles. The molecular weight excluding hydrogens is 727 g/mol. The maximum Gasteiger partial charge on any atom is 0.269 e. The lowest BCUT2D eigenvalue weighted by atomic mass is 10.1. The van der Waals surface area contributed by atoms with Crippen LogP contribution in [0.15, 0.2) is 109 Å². The van der Waals surface area contributed by atoms with Crippen molar-refractivity contribution in [2.75, 3.05) is 32.8 Å². The summed E-state index contributed by atoms with van der Waals surface area (Å²) in [6.45, 7) is 8.62. The van der Waals surface area contributed by atoms with Crippen molar-refractivity contribution in [3.8, 4) is 23.1 Å². The Hall–Kier alpha value is -5.42. The Balaban J connectivity index is 0.00000561. The van der Waals surface area contributed by atoms with E-state index in [1.165, 1.54) is 35.0 Å². The lowest BCUT2D eigenvalue weighted by molar-refractivity contribution is -0.384. The first-order valence-electron chi connectivity index (χ1n) is 17.5. The summed E-state index contributed by atoms with van der Waals surface area (Å²) in [6, 6.07) is 30.1. The van der Waals surface area contributed by atoms with E-state index in [4.69, 9.17) is 25.8 Å². The van der Waals surface area contributed by atoms with Gasteiger partial charge in [-0.1, -0.05) is 53.6 Å². The summed E-state index contributed by atoms with van der Waals surface area (Å²) < 4.78 is 17.6. The van der Waals surface area contributed by atoms with E-state index in [-0.39, 0.29) is 30.6 Å². The summed E-state index contributed by atoms with van der Waals surface area (Å²) in [6.07, 6.45) is 5.76. The Bertz CT molecular complexity index is 2010. The zero-order valence-corrected chi connectivity index (χ0v) is 31.7. The molecule has 0 atom stereocenters. The molecule has 0 saturated carbocycles. The van der Waals surface area contributed by atoms with E-state index in [9.17, 15) is 14.9 Å². The third-order valence-electron chi connectivity index (χ3n) is 8.93. The van der Waals surface area contributed by atoms with Crippen LogP contribution in [0.5, 0.6) is 23.1 Å². The molecule has 6 rings (SSSR count). The number of benzene rings is 4. The van der Waals surface area contributed by atoms with E-state index in [1.54, 1.807) is 42.5 Å². The molecule has 1 fully saturated rings. The zero-order chi connectivity index (χ0) is 37.2. The molecule has 12 heteroatoms. The van der Waals surface area contributed by atoms with Crippen LogP contribution in [0.3, 0.4) is 0 Å². The maximum absolute atomic E-state index is 13.0. The van der Waals surface area contributed by atoms with E-state index in [0.717, 1.165) is 48.5 Å². The van der Waals surface area contributed by atoms with E-state index in [1.807, 2.05) is 30.0 Å². The van der Waals surface area contributed by atoms with Crippen LogP contribution in [0.4, 0.5) is 5.69 Å². The fraction of sp³-hybridized carbons (Fsp3) is 0.238. The van der Waals surface area contributed by atoms with E-state index < -0.39 is 4.92 Å². The van der Waals surface area contributed by atoms with Crippen molar-refractivity contribution >= 4 is 41.7 Å². The largest absolute Gasteiger partial charge is 0.493 e. The molecular formula is C42H42Cl2N4O6. The standard InChI is InChI=1S/C42H41ClN4O6.ClH/c1-30-3-14-37(15-4-30)51-24-19-32-5-7-33(8-6-32)28-45-20-22-46(23-21-45)41(48)18-11-35-25-31(2)42(39(43)26-35)53-40-17-16-38(27-44-40)52-29-34-9-12-36(13-10-34)47(49)50;/h3-18,25-27H,19-24,28-29H2,1-2H3;1H/b18-11+;. The van der Waals surface area contributed by atoms with Gasteiger partial charge in [-0.05, 0) is 90.2 Å². The van der Waals surface area contributed by atoms with Crippen molar-refractivity contribution in [1.29, 1.82) is 0 Å². The predicted octanol–water partition coefficient (Wildman–Crippen LogP) is 9.03. The summed E-state index contributed by atoms with van der Waals surface area (Å²) in [4.78, 5) is 32.0. The Morgan fingerprint density at radius 2 is 1.52 bits per heavy atom. The third-order valence-corrected chi connectivity index (χ3v) is 9.21. The second-order valence-electron chi connectivity index (χ2n) is 13.0. The molecule has 5 aromatic rings. The van der Waals surface area contributed by atoms with E-state index >= 15 is 0 Å². The van der Waals surface area contributed by atoms with Gasteiger partial charge in [0.05, 0.1) is 22.7 Å². The van der Waals surface area contributed by atoms with Gasteiger partial charge >= 0.3 is 0 Å². The molecule has 1 aromatic heterocycles. The molecule has 0 radical (unpaired) electrons. The number of piperazine rings is 1. The van der Waals surface area contributed by atoms with E-state index in [0.29, 0.717) is 42.1 Å². The van der Waals surface area contributed by atoms with Crippen molar-refractivity contribution in [2.24, 2.45) is 0 Å². The average molecular weight is 770 g/mol. The van der Waals surface area contributed by atoms with Gasteiger partial charge in [0.2, 0.25) is 11.8 Å². The summed E-state index contributed by atoms with van der Waals surface area (Å²) in [5.41, 5.74) is 6.13. The third kappa shape index (κ3) is 11.3. The molecule has 0 aliphatic carbocycles. The molecule has 10 nitrogen and oxygen atoms in total. The van der Waals surface area contributed by atoms with Crippen LogP contribution in [0.25, 0.3) is 6.08 Å². The van der Waals surface area contributed by atoms with Crippen LogP contribution >= 0.6 is 24.0 Å². The number of nitrogens with zero attached hydrogens (tertiary/aromatic N) is 4. The lowest BCUT2D eigenvalue weighted by Crippen LogP contribution is -2.47. The topological polar surface area (TPSA) is 107 Å². The van der Waals surface area contributed by atoms with Gasteiger partial charge in [0.15, 0.2) is 5.75 Å². The highest BCUT2D eigenvalue weighted by Crippen LogP contribution is 2.34. The van der Waals surface area contributed by atoms with Crippen LogP contribution < -0.4 is 14.2 Å². The molecule has 0 bridgehead atoms. The molecule has 0 spiro atoms. The summed E-state index contributed by atoms with van der Waals surface area (Å²) >= 11 is 6.61. The first-order valence-corrected chi connectivity index (χ1v) is 17.8. The number of hydrogen-bond acceptors (Lipinski definition) is 8. The average Bonchev–Trinajstić information content (AvgIpc) is 3.17. The maximum atomic E-state index is 13.0. The number of rotatable bonds is 14. The van der Waals surface area contributed by atoms with Crippen molar-refractivity contribution in [2.45, 2.75) is 33.4 Å². The minimum absolute atomic E-state index is 0. The highest BCUT2D eigenvalue weighted by molar-refractivity contribution is 6.32. The molecule has 280 valence electrons. The molecule has 0 N–H and O–H groups in total. The first-order chi connectivity index (χ1) is 25.7. The fourth-order valence-corrected chi connectivity index (χ4v) is 6.18. The Morgan fingerprint density at radius 3 is 2.17 bits per heavy atom. The van der Waals surface area contributed by atoms with Gasteiger partial charge in [-0.25, -0.2) is 4.98 Å². The number of nitro groups is 1. The molecule has 0 unspecified atom stereocenters. The number of ether oxygens (including phenoxy) is 3. The molecule has 1 aliphatic heterocycles. The van der Waals surface area contributed by atoms with Crippen LogP contribution in [-0.2, 0) is 24.4 Å². The van der Waals surface area contributed by atoms with Crippen LogP contribution in [-0.4, -0.2) is 58.4 Å². The number of carbonyl (C=O) groups is 1. The van der Waals surface area contributed by atoms with Crippen LogP contribution in [0, 0.1) is 24.0 Å². The zero-order valence-electron chi connectivity index (χ0n) is 30.2. The quantitative estimate of drug-likeness (QED) is 0.0626. The highest BCUT2D eigenvalue weighted by atomic mass is 35.5. The van der Waals surface area contributed by atoms with Crippen LogP contribution in [0.2, 0.25) is 5.02 Å². The number of halogens is 2. The molecule has 1 aliphatic rings. The second-order valence-corrected chi connectivity index (χ2v) is 13.4. The minimum Gasteiger partial charge on any atom is -0.493 e. The molecule has 54 heavy (non-hydrogen) atoms. The van der Waals surface area contributed by atoms with Crippen molar-refractivity contribution in [3.05, 3.63) is 158 Å². The molecule has 1 amide bonds. The second kappa shape index (κ2) is 19.1. The number of amides is 1. The van der Waals surface area contributed by atoms with Gasteiger partial charge < -0.3 is 19.1 Å². The number of carbonyl (C=O) groups excluding carboxylic acids is 1. The highest BCUT2D eigenvalue weighted by Gasteiger charge is 2.20. The summed E-state index contributed by atoms with van der Waals surface area (Å²) in [7, 11) is 0. The number of pyridine rings is 1. The van der Waals surface area contributed by atoms with E-state index in [2.05, 4.69) is 53.2 Å². The Kier molecular flexibility index (Phi) is 14.0. The number of non-ortho nitro benzene ring substituents is 1. The SMILES string of the molecule is Cc1ccc(OCCc2ccc(CN3CCN(C(=O)/C=C/c4cc(C)c(Oc5ccc(OCc6ccc([N+](=O)[O-])cc6)cn5)c(Cl)c4)CC3)cc2)cc1.Cl. The minimum atomic E-state index is -0.440. The fourth-order valence-electron chi connectivity index (χ4n) is 5.87. The van der Waals surface area contributed by atoms with Crippen molar-refractivity contribution < 1.29 is 23.9 Å². The van der Waals surface area contributed by atoms with Gasteiger partial charge in [-0.2, -0.15) is 0 Å². The smallest absolute Gasteiger partial charge is 0.269 e. The van der Waals surface area contributed by atoms with Gasteiger partial charge in [-0.3, -0.25) is 19.8 Å². The lowest BCUT2D eigenvalue weighted by Gasteiger charge is -2.34. The number of aromatic nitrogens is 1. The first kappa shape index (κ1) is 39.8. The Labute approximate surface area is 326 Å². The number of aryl methyl sites for hydroxylation is 2. The van der Waals surface area contributed by atoms with Crippen molar-refractivity contribution in [1.82, 2.24) is 14.8 Å². The molecule has 4 aromatic carbocycles.